The van der Waals surface area contributed by atoms with Gasteiger partial charge < -0.3 is 14.2 Å². The van der Waals surface area contributed by atoms with Gasteiger partial charge in [-0.15, -0.1) is 0 Å². The van der Waals surface area contributed by atoms with E-state index in [-0.39, 0.29) is 0 Å². The van der Waals surface area contributed by atoms with Gasteiger partial charge in [-0.3, -0.25) is 0 Å². The molecule has 0 fully saturated rings. The molecule has 1 aromatic heterocycles. The summed E-state index contributed by atoms with van der Waals surface area (Å²) in [5.74, 6) is 0.616. The number of para-hydroxylation sites is 4. The van der Waals surface area contributed by atoms with Gasteiger partial charge in [0.05, 0.1) is 5.69 Å². The van der Waals surface area contributed by atoms with E-state index in [9.17, 15) is 0 Å². The lowest BCUT2D eigenvalue weighted by molar-refractivity contribution is 0.620. The summed E-state index contributed by atoms with van der Waals surface area (Å²) in [6.45, 7) is 0. The molecule has 0 saturated heterocycles. The van der Waals surface area contributed by atoms with E-state index in [0.29, 0.717) is 5.89 Å². The fourth-order valence-corrected chi connectivity index (χ4v) is 5.93. The quantitative estimate of drug-likeness (QED) is 0.188. The largest absolute Gasteiger partial charge is 0.436 e. The molecule has 1 heterocycles. The summed E-state index contributed by atoms with van der Waals surface area (Å²) in [7, 11) is 0. The highest BCUT2D eigenvalue weighted by molar-refractivity contribution is 5.99. The highest BCUT2D eigenvalue weighted by atomic mass is 16.3. The van der Waals surface area contributed by atoms with Crippen molar-refractivity contribution in [3.8, 4) is 11.5 Å². The monoisotopic (exact) mass is 579 g/mol. The number of benzene rings is 7. The third kappa shape index (κ3) is 5.09. The zero-order valence-electron chi connectivity index (χ0n) is 24.5. The van der Waals surface area contributed by atoms with Gasteiger partial charge in [-0.05, 0) is 96.4 Å². The SMILES string of the molecule is c1ccc(N(c2ccccc2)c2ccc(N(c3ccc(-c4nc5ccccc5o4)cc3)c3cccc4ccccc34)cc2)cc1. The van der Waals surface area contributed by atoms with Crippen LogP contribution in [-0.2, 0) is 0 Å². The first-order valence-electron chi connectivity index (χ1n) is 15.1. The third-order valence-corrected chi connectivity index (χ3v) is 8.07. The standard InChI is InChI=1S/C41H29N3O/c1-3-14-32(15-4-1)43(33-16-5-2-6-17-33)34-26-28-36(29-27-34)44(39-20-11-13-30-12-7-8-18-37(30)39)35-24-22-31(23-25-35)41-42-38-19-9-10-21-40(38)45-41/h1-29H. The number of hydrogen-bond donors (Lipinski definition) is 0. The number of anilines is 6. The van der Waals surface area contributed by atoms with E-state index in [0.717, 1.165) is 50.8 Å². The van der Waals surface area contributed by atoms with Gasteiger partial charge in [0, 0.05) is 39.4 Å². The topological polar surface area (TPSA) is 32.5 Å². The van der Waals surface area contributed by atoms with Crippen LogP contribution in [-0.4, -0.2) is 4.98 Å². The molecule has 0 spiro atoms. The number of rotatable bonds is 7. The molecule has 8 rings (SSSR count). The Morgan fingerprint density at radius 1 is 0.400 bits per heavy atom. The van der Waals surface area contributed by atoms with Gasteiger partial charge in [0.25, 0.3) is 0 Å². The molecule has 0 unspecified atom stereocenters. The Morgan fingerprint density at radius 3 is 1.58 bits per heavy atom. The minimum atomic E-state index is 0.616. The van der Waals surface area contributed by atoms with Crippen LogP contribution in [0.3, 0.4) is 0 Å². The van der Waals surface area contributed by atoms with E-state index in [4.69, 9.17) is 9.40 Å². The lowest BCUT2D eigenvalue weighted by atomic mass is 10.1. The van der Waals surface area contributed by atoms with E-state index >= 15 is 0 Å². The van der Waals surface area contributed by atoms with Crippen LogP contribution in [0.1, 0.15) is 0 Å². The molecule has 0 aliphatic heterocycles. The lowest BCUT2D eigenvalue weighted by Crippen LogP contribution is -2.12. The fraction of sp³-hybridized carbons (Fsp3) is 0. The maximum absolute atomic E-state index is 6.06. The highest BCUT2D eigenvalue weighted by Crippen LogP contribution is 2.41. The van der Waals surface area contributed by atoms with Gasteiger partial charge in [-0.25, -0.2) is 4.98 Å². The van der Waals surface area contributed by atoms with Crippen molar-refractivity contribution in [1.29, 1.82) is 0 Å². The van der Waals surface area contributed by atoms with Gasteiger partial charge in [0.2, 0.25) is 5.89 Å². The molecule has 0 N–H and O–H groups in total. The zero-order chi connectivity index (χ0) is 30.0. The molecule has 0 bridgehead atoms. The van der Waals surface area contributed by atoms with Crippen molar-refractivity contribution in [2.24, 2.45) is 0 Å². The molecule has 0 radical (unpaired) electrons. The molecule has 7 aromatic carbocycles. The van der Waals surface area contributed by atoms with Crippen LogP contribution in [0.5, 0.6) is 0 Å². The van der Waals surface area contributed by atoms with Gasteiger partial charge in [-0.2, -0.15) is 0 Å². The molecule has 4 heteroatoms. The number of hydrogen-bond acceptors (Lipinski definition) is 4. The summed E-state index contributed by atoms with van der Waals surface area (Å²) in [4.78, 5) is 9.30. The van der Waals surface area contributed by atoms with Crippen LogP contribution in [0, 0.1) is 0 Å². The third-order valence-electron chi connectivity index (χ3n) is 8.07. The molecule has 45 heavy (non-hydrogen) atoms. The van der Waals surface area contributed by atoms with E-state index in [1.54, 1.807) is 0 Å². The maximum atomic E-state index is 6.06. The van der Waals surface area contributed by atoms with Gasteiger partial charge in [0.15, 0.2) is 5.58 Å². The summed E-state index contributed by atoms with van der Waals surface area (Å²) in [5, 5.41) is 2.38. The van der Waals surface area contributed by atoms with E-state index in [1.807, 2.05) is 36.4 Å². The van der Waals surface area contributed by atoms with E-state index < -0.39 is 0 Å². The Hall–Kier alpha value is -6.13. The second kappa shape index (κ2) is 11.5. The molecular weight excluding hydrogens is 550 g/mol. The fourth-order valence-electron chi connectivity index (χ4n) is 5.93. The average molecular weight is 580 g/mol. The first kappa shape index (κ1) is 26.5. The summed E-state index contributed by atoms with van der Waals surface area (Å²) in [6.07, 6.45) is 0. The minimum absolute atomic E-state index is 0.616. The summed E-state index contributed by atoms with van der Waals surface area (Å²) in [6, 6.07) is 61.1. The summed E-state index contributed by atoms with van der Waals surface area (Å²) in [5.41, 5.74) is 9.09. The van der Waals surface area contributed by atoms with Crippen molar-refractivity contribution < 1.29 is 4.42 Å². The van der Waals surface area contributed by atoms with E-state index in [2.05, 4.69) is 149 Å². The average Bonchev–Trinajstić information content (AvgIpc) is 3.55. The predicted octanol–water partition coefficient (Wildman–Crippen LogP) is 11.6. The Balaban J connectivity index is 1.22. The van der Waals surface area contributed by atoms with Crippen LogP contribution < -0.4 is 9.80 Å². The number of fused-ring (bicyclic) bond motifs is 2. The van der Waals surface area contributed by atoms with Crippen molar-refractivity contribution in [2.75, 3.05) is 9.80 Å². The molecular formula is C41H29N3O. The number of aromatic nitrogens is 1. The molecule has 0 atom stereocenters. The molecule has 0 saturated carbocycles. The second-order valence-corrected chi connectivity index (χ2v) is 10.9. The molecule has 0 aliphatic carbocycles. The smallest absolute Gasteiger partial charge is 0.227 e. The Bertz CT molecular complexity index is 2130. The molecule has 0 amide bonds. The second-order valence-electron chi connectivity index (χ2n) is 10.9. The zero-order valence-corrected chi connectivity index (χ0v) is 24.5. The minimum Gasteiger partial charge on any atom is -0.436 e. The molecule has 0 aliphatic rings. The molecule has 8 aromatic rings. The van der Waals surface area contributed by atoms with Crippen LogP contribution in [0.4, 0.5) is 34.1 Å². The van der Waals surface area contributed by atoms with Gasteiger partial charge >= 0.3 is 0 Å². The van der Waals surface area contributed by atoms with E-state index in [1.165, 1.54) is 10.8 Å². The van der Waals surface area contributed by atoms with Crippen LogP contribution in [0.25, 0.3) is 33.3 Å². The van der Waals surface area contributed by atoms with Gasteiger partial charge in [0.1, 0.15) is 5.52 Å². The first-order chi connectivity index (χ1) is 22.3. The van der Waals surface area contributed by atoms with Crippen molar-refractivity contribution in [2.45, 2.75) is 0 Å². The van der Waals surface area contributed by atoms with Crippen LogP contribution >= 0.6 is 0 Å². The maximum Gasteiger partial charge on any atom is 0.227 e. The number of nitrogens with zero attached hydrogens (tertiary/aromatic N) is 3. The van der Waals surface area contributed by atoms with Crippen LogP contribution in [0.15, 0.2) is 180 Å². The van der Waals surface area contributed by atoms with Gasteiger partial charge in [-0.1, -0.05) is 84.9 Å². The normalized spacial score (nSPS) is 11.1. The first-order valence-corrected chi connectivity index (χ1v) is 15.1. The Labute approximate surface area is 262 Å². The van der Waals surface area contributed by atoms with Crippen molar-refractivity contribution in [1.82, 2.24) is 4.98 Å². The van der Waals surface area contributed by atoms with Crippen molar-refractivity contribution in [3.05, 3.63) is 176 Å². The Kier molecular flexibility index (Phi) is 6.78. The molecule has 214 valence electrons. The predicted molar refractivity (Wildman–Crippen MR) is 186 cm³/mol. The lowest BCUT2D eigenvalue weighted by Gasteiger charge is -2.29. The molecule has 4 nitrogen and oxygen atoms in total. The van der Waals surface area contributed by atoms with Crippen molar-refractivity contribution in [3.63, 3.8) is 0 Å². The highest BCUT2D eigenvalue weighted by Gasteiger charge is 2.18. The summed E-state index contributed by atoms with van der Waals surface area (Å²) < 4.78 is 6.06. The number of oxazole rings is 1. The Morgan fingerprint density at radius 2 is 0.911 bits per heavy atom. The van der Waals surface area contributed by atoms with Crippen molar-refractivity contribution >= 4 is 56.0 Å². The van der Waals surface area contributed by atoms with Crippen LogP contribution in [0.2, 0.25) is 0 Å². The summed E-state index contributed by atoms with van der Waals surface area (Å²) >= 11 is 0.